The quantitative estimate of drug-likeness (QED) is 0.335. The molecule has 0 aliphatic carbocycles. The van der Waals surface area contributed by atoms with Gasteiger partial charge in [0, 0.05) is 22.8 Å². The van der Waals surface area contributed by atoms with Crippen molar-refractivity contribution in [2.75, 3.05) is 11.1 Å². The fourth-order valence-corrected chi connectivity index (χ4v) is 4.15. The highest BCUT2D eigenvalue weighted by Gasteiger charge is 2.21. The largest absolute Gasteiger partial charge is 0.376 e. The second-order valence-corrected chi connectivity index (χ2v) is 9.57. The van der Waals surface area contributed by atoms with E-state index in [-0.39, 0.29) is 16.6 Å². The third-order valence-corrected chi connectivity index (χ3v) is 6.23. The minimum absolute atomic E-state index is 0.00774. The fraction of sp³-hybridized carbons (Fsp3) is 0.368. The van der Waals surface area contributed by atoms with Crippen LogP contribution in [0.3, 0.4) is 0 Å². The van der Waals surface area contributed by atoms with E-state index in [9.17, 15) is 18.5 Å². The van der Waals surface area contributed by atoms with Crippen molar-refractivity contribution in [3.8, 4) is 0 Å². The van der Waals surface area contributed by atoms with E-state index in [0.29, 0.717) is 11.6 Å². The van der Waals surface area contributed by atoms with Gasteiger partial charge >= 0.3 is 0 Å². The molecule has 0 aliphatic heterocycles. The summed E-state index contributed by atoms with van der Waals surface area (Å²) in [5.41, 5.74) is -0.00870. The van der Waals surface area contributed by atoms with Crippen molar-refractivity contribution in [1.82, 2.24) is 0 Å². The number of hydrogen-bond acceptors (Lipinski definition) is 6. The van der Waals surface area contributed by atoms with Crippen LogP contribution in [0.1, 0.15) is 26.7 Å². The first-order valence-corrected chi connectivity index (χ1v) is 11.5. The standard InChI is InChI=1S/C19H25N3O4S2/c1-14(2)8-9-15(13-27-16-6-4-3-5-7-16)21-18-11-10-17(28(20,25)26)12-19(18)22(23)24/h3-7,10-12,14-15,21H,8-9,13H2,1-2H3,(H2,20,25,26). The topological polar surface area (TPSA) is 115 Å². The smallest absolute Gasteiger partial charge is 0.293 e. The molecule has 7 nitrogen and oxygen atoms in total. The summed E-state index contributed by atoms with van der Waals surface area (Å²) in [5, 5.41) is 19.8. The number of anilines is 1. The van der Waals surface area contributed by atoms with E-state index < -0.39 is 14.9 Å². The Morgan fingerprint density at radius 2 is 1.82 bits per heavy atom. The minimum Gasteiger partial charge on any atom is -0.376 e. The molecular formula is C19H25N3O4S2. The molecule has 0 amide bonds. The summed E-state index contributed by atoms with van der Waals surface area (Å²) in [6, 6.07) is 13.6. The second kappa shape index (κ2) is 9.90. The van der Waals surface area contributed by atoms with E-state index in [4.69, 9.17) is 5.14 Å². The number of primary sulfonamides is 1. The van der Waals surface area contributed by atoms with Crippen LogP contribution in [0.5, 0.6) is 0 Å². The third kappa shape index (κ3) is 6.81. The molecule has 2 aromatic carbocycles. The highest BCUT2D eigenvalue weighted by atomic mass is 32.2. The number of thioether (sulfide) groups is 1. The summed E-state index contributed by atoms with van der Waals surface area (Å²) >= 11 is 1.67. The van der Waals surface area contributed by atoms with E-state index in [1.807, 2.05) is 30.3 Å². The van der Waals surface area contributed by atoms with Gasteiger partial charge in [0.15, 0.2) is 0 Å². The number of nitrogens with two attached hydrogens (primary N) is 1. The summed E-state index contributed by atoms with van der Waals surface area (Å²) in [6.45, 7) is 4.26. The van der Waals surface area contributed by atoms with Crippen LogP contribution in [0.4, 0.5) is 11.4 Å². The summed E-state index contributed by atoms with van der Waals surface area (Å²) in [7, 11) is -4.01. The maximum absolute atomic E-state index is 11.5. The zero-order valence-electron chi connectivity index (χ0n) is 15.9. The lowest BCUT2D eigenvalue weighted by atomic mass is 10.0. The maximum Gasteiger partial charge on any atom is 0.293 e. The predicted octanol–water partition coefficient (Wildman–Crippen LogP) is 4.25. The zero-order valence-corrected chi connectivity index (χ0v) is 17.5. The van der Waals surface area contributed by atoms with Gasteiger partial charge in [0.25, 0.3) is 5.69 Å². The molecule has 0 aliphatic rings. The molecular weight excluding hydrogens is 398 g/mol. The normalized spacial score (nSPS) is 12.7. The van der Waals surface area contributed by atoms with Gasteiger partial charge < -0.3 is 5.32 Å². The monoisotopic (exact) mass is 423 g/mol. The molecule has 0 spiro atoms. The van der Waals surface area contributed by atoms with Crippen molar-refractivity contribution in [2.24, 2.45) is 11.1 Å². The fourth-order valence-electron chi connectivity index (χ4n) is 2.63. The Bertz CT molecular complexity index is 903. The van der Waals surface area contributed by atoms with E-state index in [2.05, 4.69) is 19.2 Å². The van der Waals surface area contributed by atoms with Crippen molar-refractivity contribution < 1.29 is 13.3 Å². The van der Waals surface area contributed by atoms with Crippen molar-refractivity contribution in [2.45, 2.75) is 42.5 Å². The molecule has 28 heavy (non-hydrogen) atoms. The van der Waals surface area contributed by atoms with Crippen LogP contribution in [-0.2, 0) is 10.0 Å². The first-order valence-electron chi connectivity index (χ1n) is 8.92. The van der Waals surface area contributed by atoms with Crippen LogP contribution < -0.4 is 10.5 Å². The Morgan fingerprint density at radius 3 is 2.39 bits per heavy atom. The van der Waals surface area contributed by atoms with Crippen LogP contribution in [0.25, 0.3) is 0 Å². The van der Waals surface area contributed by atoms with Gasteiger partial charge in [-0.1, -0.05) is 32.0 Å². The van der Waals surface area contributed by atoms with Gasteiger partial charge in [0.1, 0.15) is 5.69 Å². The Balaban J connectivity index is 2.22. The number of sulfonamides is 1. The average Bonchev–Trinajstić information content (AvgIpc) is 2.63. The maximum atomic E-state index is 11.5. The number of benzene rings is 2. The lowest BCUT2D eigenvalue weighted by Crippen LogP contribution is -2.23. The molecule has 2 aromatic rings. The van der Waals surface area contributed by atoms with Crippen LogP contribution in [-0.4, -0.2) is 25.1 Å². The highest BCUT2D eigenvalue weighted by molar-refractivity contribution is 7.99. The number of hydrogen-bond donors (Lipinski definition) is 2. The van der Waals surface area contributed by atoms with E-state index in [1.54, 1.807) is 11.8 Å². The Hall–Kier alpha value is -2.10. The van der Waals surface area contributed by atoms with Crippen LogP contribution in [0.2, 0.25) is 0 Å². The summed E-state index contributed by atoms with van der Waals surface area (Å²) < 4.78 is 23.0. The first kappa shape index (κ1) is 22.2. The van der Waals surface area contributed by atoms with Crippen molar-refractivity contribution >= 4 is 33.2 Å². The van der Waals surface area contributed by atoms with Crippen LogP contribution in [0, 0.1) is 16.0 Å². The van der Waals surface area contributed by atoms with E-state index >= 15 is 0 Å². The van der Waals surface area contributed by atoms with Gasteiger partial charge in [-0.25, -0.2) is 13.6 Å². The summed E-state index contributed by atoms with van der Waals surface area (Å²) in [6.07, 6.45) is 1.81. The van der Waals surface area contributed by atoms with Gasteiger partial charge in [-0.05, 0) is 43.0 Å². The molecule has 2 rings (SSSR count). The lowest BCUT2D eigenvalue weighted by molar-refractivity contribution is -0.384. The third-order valence-electron chi connectivity index (χ3n) is 4.14. The summed E-state index contributed by atoms with van der Waals surface area (Å²) in [5.74, 6) is 1.23. The number of nitrogens with one attached hydrogen (secondary N) is 1. The molecule has 0 fully saturated rings. The number of nitrogens with zero attached hydrogens (tertiary/aromatic N) is 1. The van der Waals surface area contributed by atoms with Gasteiger partial charge in [0.05, 0.1) is 9.82 Å². The van der Waals surface area contributed by atoms with Crippen molar-refractivity contribution in [1.29, 1.82) is 0 Å². The minimum atomic E-state index is -4.01. The number of nitro benzene ring substituents is 1. The first-order chi connectivity index (χ1) is 13.2. The van der Waals surface area contributed by atoms with E-state index in [0.717, 1.165) is 29.6 Å². The van der Waals surface area contributed by atoms with Crippen LogP contribution >= 0.6 is 11.8 Å². The lowest BCUT2D eigenvalue weighted by Gasteiger charge is -2.21. The van der Waals surface area contributed by atoms with Crippen molar-refractivity contribution in [3.63, 3.8) is 0 Å². The predicted molar refractivity (Wildman–Crippen MR) is 113 cm³/mol. The molecule has 0 heterocycles. The average molecular weight is 424 g/mol. The molecule has 152 valence electrons. The molecule has 1 atom stereocenters. The molecule has 0 radical (unpaired) electrons. The second-order valence-electron chi connectivity index (χ2n) is 6.92. The van der Waals surface area contributed by atoms with Gasteiger partial charge in [-0.2, -0.15) is 0 Å². The molecule has 0 bridgehead atoms. The highest BCUT2D eigenvalue weighted by Crippen LogP contribution is 2.30. The van der Waals surface area contributed by atoms with Gasteiger partial charge in [0.2, 0.25) is 10.0 Å². The molecule has 0 saturated carbocycles. The zero-order chi connectivity index (χ0) is 20.7. The SMILES string of the molecule is CC(C)CCC(CSc1ccccc1)Nc1ccc(S(N)(=O)=O)cc1[N+](=O)[O-]. The number of rotatable bonds is 10. The van der Waals surface area contributed by atoms with E-state index in [1.165, 1.54) is 12.1 Å². The Labute approximate surface area is 169 Å². The van der Waals surface area contributed by atoms with Gasteiger partial charge in [-0.15, -0.1) is 11.8 Å². The Kier molecular flexibility index (Phi) is 7.85. The number of nitro groups is 1. The molecule has 1 unspecified atom stereocenters. The van der Waals surface area contributed by atoms with Crippen molar-refractivity contribution in [3.05, 3.63) is 58.6 Å². The molecule has 9 heteroatoms. The van der Waals surface area contributed by atoms with Crippen LogP contribution in [0.15, 0.2) is 58.3 Å². The van der Waals surface area contributed by atoms with Gasteiger partial charge in [-0.3, -0.25) is 10.1 Å². The summed E-state index contributed by atoms with van der Waals surface area (Å²) in [4.78, 5) is 11.7. The molecule has 0 saturated heterocycles. The molecule has 0 aromatic heterocycles. The Morgan fingerprint density at radius 1 is 1.14 bits per heavy atom. The molecule has 3 N–H and O–H groups in total.